The van der Waals surface area contributed by atoms with Crippen molar-refractivity contribution in [3.8, 4) is 0 Å². The first-order valence-electron chi connectivity index (χ1n) is 8.44. The highest BCUT2D eigenvalue weighted by Crippen LogP contribution is 2.37. The highest BCUT2D eigenvalue weighted by Gasteiger charge is 2.36. The fourth-order valence-electron chi connectivity index (χ4n) is 3.36. The summed E-state index contributed by atoms with van der Waals surface area (Å²) >= 11 is 0. The third-order valence-corrected chi connectivity index (χ3v) is 4.70. The fourth-order valence-corrected chi connectivity index (χ4v) is 3.36. The molecule has 1 aliphatic rings. The van der Waals surface area contributed by atoms with Gasteiger partial charge < -0.3 is 10.2 Å². The van der Waals surface area contributed by atoms with Gasteiger partial charge in [-0.15, -0.1) is 0 Å². The second-order valence-electron chi connectivity index (χ2n) is 7.22. The number of rotatable bonds is 8. The quantitative estimate of drug-likeness (QED) is 0.668. The molecule has 1 aliphatic carbocycles. The first kappa shape index (κ1) is 17.0. The molecule has 0 spiro atoms. The van der Waals surface area contributed by atoms with Crippen molar-refractivity contribution in [2.24, 2.45) is 5.41 Å². The molecule has 1 N–H and O–H groups in total. The maximum absolute atomic E-state index is 3.79. The van der Waals surface area contributed by atoms with E-state index in [4.69, 9.17) is 0 Å². The van der Waals surface area contributed by atoms with E-state index in [1.165, 1.54) is 58.0 Å². The molecule has 114 valence electrons. The van der Waals surface area contributed by atoms with E-state index < -0.39 is 0 Å². The Hall–Kier alpha value is -0.0800. The molecule has 2 nitrogen and oxygen atoms in total. The van der Waals surface area contributed by atoms with Crippen LogP contribution in [0.25, 0.3) is 0 Å². The van der Waals surface area contributed by atoms with Crippen molar-refractivity contribution < 1.29 is 0 Å². The van der Waals surface area contributed by atoms with Crippen LogP contribution in [0, 0.1) is 5.41 Å². The van der Waals surface area contributed by atoms with E-state index in [1.54, 1.807) is 0 Å². The molecular formula is C17H36N2. The van der Waals surface area contributed by atoms with E-state index in [1.807, 2.05) is 0 Å². The molecule has 0 radical (unpaired) electrons. The highest BCUT2D eigenvalue weighted by atomic mass is 15.2. The lowest BCUT2D eigenvalue weighted by Crippen LogP contribution is -2.53. The van der Waals surface area contributed by atoms with Crippen molar-refractivity contribution in [1.29, 1.82) is 0 Å². The van der Waals surface area contributed by atoms with Gasteiger partial charge in [0.2, 0.25) is 0 Å². The molecule has 19 heavy (non-hydrogen) atoms. The van der Waals surface area contributed by atoms with Crippen LogP contribution in [0.3, 0.4) is 0 Å². The minimum Gasteiger partial charge on any atom is -0.312 e. The van der Waals surface area contributed by atoms with Gasteiger partial charge >= 0.3 is 0 Å². The Labute approximate surface area is 121 Å². The molecule has 0 saturated heterocycles. The summed E-state index contributed by atoms with van der Waals surface area (Å²) in [5.41, 5.74) is 0.522. The minimum atomic E-state index is 0.522. The molecule has 1 rings (SSSR count). The van der Waals surface area contributed by atoms with Crippen molar-refractivity contribution in [2.75, 3.05) is 20.1 Å². The highest BCUT2D eigenvalue weighted by molar-refractivity contribution is 4.93. The number of likely N-dealkylation sites (N-methyl/N-ethyl adjacent to an activating group) is 1. The van der Waals surface area contributed by atoms with Crippen molar-refractivity contribution >= 4 is 0 Å². The van der Waals surface area contributed by atoms with Crippen molar-refractivity contribution in [1.82, 2.24) is 10.2 Å². The molecular weight excluding hydrogens is 232 g/mol. The molecule has 2 heteroatoms. The van der Waals surface area contributed by atoms with Crippen molar-refractivity contribution in [2.45, 2.75) is 84.7 Å². The van der Waals surface area contributed by atoms with Gasteiger partial charge in [-0.25, -0.2) is 0 Å². The largest absolute Gasteiger partial charge is 0.312 e. The Morgan fingerprint density at radius 1 is 1.16 bits per heavy atom. The van der Waals surface area contributed by atoms with Gasteiger partial charge in [0.1, 0.15) is 0 Å². The molecule has 2 atom stereocenters. The van der Waals surface area contributed by atoms with E-state index in [0.717, 1.165) is 6.04 Å². The number of hydrogen-bond donors (Lipinski definition) is 1. The van der Waals surface area contributed by atoms with Gasteiger partial charge in [-0.3, -0.25) is 0 Å². The lowest BCUT2D eigenvalue weighted by Gasteiger charge is -2.45. The van der Waals surface area contributed by atoms with Crippen LogP contribution in [0.4, 0.5) is 0 Å². The molecule has 0 aromatic rings. The molecule has 1 fully saturated rings. The summed E-state index contributed by atoms with van der Waals surface area (Å²) in [5.74, 6) is 0. The molecule has 0 amide bonds. The Balaban J connectivity index is 2.54. The summed E-state index contributed by atoms with van der Waals surface area (Å²) < 4.78 is 0. The Kier molecular flexibility index (Phi) is 7.38. The lowest BCUT2D eigenvalue weighted by molar-refractivity contribution is 0.0808. The van der Waals surface area contributed by atoms with E-state index >= 15 is 0 Å². The summed E-state index contributed by atoms with van der Waals surface area (Å²) in [4.78, 5) is 2.63. The second-order valence-corrected chi connectivity index (χ2v) is 7.22. The monoisotopic (exact) mass is 268 g/mol. The average molecular weight is 268 g/mol. The van der Waals surface area contributed by atoms with Gasteiger partial charge in [-0.2, -0.15) is 0 Å². The van der Waals surface area contributed by atoms with Crippen LogP contribution < -0.4 is 5.32 Å². The fraction of sp³-hybridized carbons (Fsp3) is 1.00. The van der Waals surface area contributed by atoms with Gasteiger partial charge in [0, 0.05) is 12.1 Å². The molecule has 0 aromatic carbocycles. The molecule has 0 aliphatic heterocycles. The summed E-state index contributed by atoms with van der Waals surface area (Å²) in [6, 6.07) is 1.44. The van der Waals surface area contributed by atoms with Crippen LogP contribution in [-0.4, -0.2) is 37.1 Å². The van der Waals surface area contributed by atoms with Gasteiger partial charge in [-0.05, 0) is 57.7 Å². The SMILES string of the molecule is CCCCCN(C)C1CC(C)(C)CCC1NCCC. The summed E-state index contributed by atoms with van der Waals surface area (Å²) in [6.07, 6.45) is 9.34. The van der Waals surface area contributed by atoms with Crippen LogP contribution in [0.1, 0.15) is 72.6 Å². The van der Waals surface area contributed by atoms with Crippen LogP contribution in [0.15, 0.2) is 0 Å². The first-order chi connectivity index (χ1) is 9.00. The number of nitrogens with one attached hydrogen (secondary N) is 1. The zero-order chi connectivity index (χ0) is 14.3. The summed E-state index contributed by atoms with van der Waals surface area (Å²) in [6.45, 7) is 11.9. The van der Waals surface area contributed by atoms with E-state index in [-0.39, 0.29) is 0 Å². The topological polar surface area (TPSA) is 15.3 Å². The predicted octanol–water partition coefficient (Wildman–Crippen LogP) is 4.06. The minimum absolute atomic E-state index is 0.522. The zero-order valence-electron chi connectivity index (χ0n) is 14.0. The summed E-state index contributed by atoms with van der Waals surface area (Å²) in [5, 5.41) is 3.79. The molecule has 2 unspecified atom stereocenters. The standard InChI is InChI=1S/C17H36N2/c1-6-8-9-13-19(5)16-14-17(3,4)11-10-15(16)18-12-7-2/h15-16,18H,6-14H2,1-5H3. The Morgan fingerprint density at radius 2 is 1.89 bits per heavy atom. The van der Waals surface area contributed by atoms with Gasteiger partial charge in [0.15, 0.2) is 0 Å². The number of hydrogen-bond acceptors (Lipinski definition) is 2. The van der Waals surface area contributed by atoms with Crippen LogP contribution >= 0.6 is 0 Å². The van der Waals surface area contributed by atoms with E-state index in [0.29, 0.717) is 11.5 Å². The Bertz CT molecular complexity index is 237. The molecule has 1 saturated carbocycles. The average Bonchev–Trinajstić information content (AvgIpc) is 2.37. The molecule has 0 heterocycles. The van der Waals surface area contributed by atoms with Crippen LogP contribution in [0.2, 0.25) is 0 Å². The second kappa shape index (κ2) is 8.26. The van der Waals surface area contributed by atoms with Crippen LogP contribution in [-0.2, 0) is 0 Å². The predicted molar refractivity (Wildman–Crippen MR) is 85.7 cm³/mol. The summed E-state index contributed by atoms with van der Waals surface area (Å²) in [7, 11) is 2.34. The van der Waals surface area contributed by atoms with E-state index in [9.17, 15) is 0 Å². The zero-order valence-corrected chi connectivity index (χ0v) is 14.0. The number of unbranched alkanes of at least 4 members (excludes halogenated alkanes) is 2. The third kappa shape index (κ3) is 5.83. The van der Waals surface area contributed by atoms with Crippen molar-refractivity contribution in [3.05, 3.63) is 0 Å². The van der Waals surface area contributed by atoms with Crippen LogP contribution in [0.5, 0.6) is 0 Å². The van der Waals surface area contributed by atoms with Gasteiger partial charge in [-0.1, -0.05) is 40.5 Å². The van der Waals surface area contributed by atoms with E-state index in [2.05, 4.69) is 45.0 Å². The lowest BCUT2D eigenvalue weighted by atomic mass is 9.72. The first-order valence-corrected chi connectivity index (χ1v) is 8.44. The van der Waals surface area contributed by atoms with Gasteiger partial charge in [0.05, 0.1) is 0 Å². The third-order valence-electron chi connectivity index (χ3n) is 4.70. The maximum Gasteiger partial charge on any atom is 0.0251 e. The number of nitrogens with zero attached hydrogens (tertiary/aromatic N) is 1. The van der Waals surface area contributed by atoms with Crippen molar-refractivity contribution in [3.63, 3.8) is 0 Å². The van der Waals surface area contributed by atoms with Gasteiger partial charge in [0.25, 0.3) is 0 Å². The smallest absolute Gasteiger partial charge is 0.0251 e. The maximum atomic E-state index is 3.79. The normalized spacial score (nSPS) is 26.8. The molecule has 0 bridgehead atoms. The molecule has 0 aromatic heterocycles. The Morgan fingerprint density at radius 3 is 2.53 bits per heavy atom.